The predicted octanol–water partition coefficient (Wildman–Crippen LogP) is -0.241. The summed E-state index contributed by atoms with van der Waals surface area (Å²) in [7, 11) is -0.728. The second kappa shape index (κ2) is 3.95. The SMILES string of the molecule is CN(C)S(=O)(=O)c1ccc(NN)c2nonc12. The lowest BCUT2D eigenvalue weighted by Gasteiger charge is -2.11. The van der Waals surface area contributed by atoms with Gasteiger partial charge < -0.3 is 5.43 Å². The van der Waals surface area contributed by atoms with E-state index in [9.17, 15) is 8.42 Å². The number of hydrogen-bond acceptors (Lipinski definition) is 7. The molecule has 0 spiro atoms. The number of hydrazine groups is 1. The number of rotatable bonds is 3. The highest BCUT2D eigenvalue weighted by atomic mass is 32.2. The molecule has 0 aliphatic carbocycles. The van der Waals surface area contributed by atoms with Gasteiger partial charge in [-0.15, -0.1) is 0 Å². The summed E-state index contributed by atoms with van der Waals surface area (Å²) in [6, 6.07) is 2.90. The Morgan fingerprint density at radius 3 is 2.53 bits per heavy atom. The predicted molar refractivity (Wildman–Crippen MR) is 60.5 cm³/mol. The molecule has 0 amide bonds. The van der Waals surface area contributed by atoms with Crippen molar-refractivity contribution < 1.29 is 13.0 Å². The van der Waals surface area contributed by atoms with Crippen LogP contribution in [0.1, 0.15) is 0 Å². The van der Waals surface area contributed by atoms with Crippen LogP contribution in [0.2, 0.25) is 0 Å². The van der Waals surface area contributed by atoms with Crippen LogP contribution in [0.25, 0.3) is 11.0 Å². The highest BCUT2D eigenvalue weighted by Gasteiger charge is 2.24. The molecular formula is C8H11N5O3S. The van der Waals surface area contributed by atoms with Crippen molar-refractivity contribution >= 4 is 26.7 Å². The Kier molecular flexibility index (Phi) is 2.73. The number of hydrogen-bond donors (Lipinski definition) is 2. The number of aromatic nitrogens is 2. The number of nitrogens with two attached hydrogens (primary N) is 1. The number of nitrogen functional groups attached to an aromatic ring is 1. The highest BCUT2D eigenvalue weighted by Crippen LogP contribution is 2.27. The molecule has 0 aliphatic rings. The molecule has 0 fully saturated rings. The fraction of sp³-hybridized carbons (Fsp3) is 0.250. The van der Waals surface area contributed by atoms with E-state index >= 15 is 0 Å². The van der Waals surface area contributed by atoms with Gasteiger partial charge in [0, 0.05) is 14.1 Å². The van der Waals surface area contributed by atoms with Gasteiger partial charge >= 0.3 is 0 Å². The normalized spacial score (nSPS) is 12.2. The van der Waals surface area contributed by atoms with E-state index in [1.54, 1.807) is 0 Å². The Morgan fingerprint density at radius 2 is 1.94 bits per heavy atom. The summed E-state index contributed by atoms with van der Waals surface area (Å²) in [4.78, 5) is 0.0257. The number of sulfonamides is 1. The first-order valence-electron chi connectivity index (χ1n) is 4.63. The molecule has 2 rings (SSSR count). The number of anilines is 1. The summed E-state index contributed by atoms with van der Waals surface area (Å²) in [6.45, 7) is 0. The summed E-state index contributed by atoms with van der Waals surface area (Å²) in [6.07, 6.45) is 0. The molecule has 0 bridgehead atoms. The molecule has 0 aliphatic heterocycles. The maximum Gasteiger partial charge on any atom is 0.244 e. The second-order valence-corrected chi connectivity index (χ2v) is 5.62. The molecular weight excluding hydrogens is 246 g/mol. The summed E-state index contributed by atoms with van der Waals surface area (Å²) >= 11 is 0. The van der Waals surface area contributed by atoms with E-state index in [-0.39, 0.29) is 15.9 Å². The third-order valence-electron chi connectivity index (χ3n) is 2.29. The minimum Gasteiger partial charge on any atom is -0.322 e. The van der Waals surface area contributed by atoms with Gasteiger partial charge in [0.1, 0.15) is 4.90 Å². The van der Waals surface area contributed by atoms with Crippen LogP contribution in [-0.4, -0.2) is 37.1 Å². The summed E-state index contributed by atoms with van der Waals surface area (Å²) in [5.41, 5.74) is 3.26. The largest absolute Gasteiger partial charge is 0.322 e. The molecule has 3 N–H and O–H groups in total. The zero-order valence-corrected chi connectivity index (χ0v) is 10.0. The van der Waals surface area contributed by atoms with Crippen molar-refractivity contribution in [2.45, 2.75) is 4.90 Å². The van der Waals surface area contributed by atoms with Gasteiger partial charge in [-0.05, 0) is 22.4 Å². The first-order chi connectivity index (χ1) is 7.98. The van der Waals surface area contributed by atoms with Gasteiger partial charge in [-0.3, -0.25) is 5.84 Å². The first-order valence-corrected chi connectivity index (χ1v) is 6.07. The van der Waals surface area contributed by atoms with E-state index in [1.165, 1.54) is 26.2 Å². The van der Waals surface area contributed by atoms with E-state index in [2.05, 4.69) is 20.4 Å². The monoisotopic (exact) mass is 257 g/mol. The van der Waals surface area contributed by atoms with E-state index in [0.717, 1.165) is 4.31 Å². The van der Waals surface area contributed by atoms with Crippen LogP contribution in [0.3, 0.4) is 0 Å². The minimum absolute atomic E-state index is 0.0257. The molecule has 0 radical (unpaired) electrons. The van der Waals surface area contributed by atoms with Crippen molar-refractivity contribution in [3.8, 4) is 0 Å². The van der Waals surface area contributed by atoms with Gasteiger partial charge in [0.25, 0.3) is 0 Å². The minimum atomic E-state index is -3.60. The fourth-order valence-electron chi connectivity index (χ4n) is 1.37. The topological polar surface area (TPSA) is 114 Å². The molecule has 92 valence electrons. The van der Waals surface area contributed by atoms with Gasteiger partial charge in [-0.2, -0.15) is 0 Å². The van der Waals surface area contributed by atoms with Gasteiger partial charge in [-0.1, -0.05) is 0 Å². The molecule has 0 unspecified atom stereocenters. The van der Waals surface area contributed by atoms with E-state index in [1.807, 2.05) is 0 Å². The van der Waals surface area contributed by atoms with E-state index in [0.29, 0.717) is 5.69 Å². The Labute approximate surface area is 97.4 Å². The van der Waals surface area contributed by atoms with Crippen LogP contribution in [0.4, 0.5) is 5.69 Å². The lowest BCUT2D eigenvalue weighted by molar-refractivity contribution is 0.315. The van der Waals surface area contributed by atoms with Crippen molar-refractivity contribution in [2.75, 3.05) is 19.5 Å². The third-order valence-corrected chi connectivity index (χ3v) is 4.14. The average Bonchev–Trinajstić information content (AvgIpc) is 2.75. The van der Waals surface area contributed by atoms with Crippen molar-refractivity contribution in [1.82, 2.24) is 14.6 Å². The number of fused-ring (bicyclic) bond motifs is 1. The third kappa shape index (κ3) is 1.73. The van der Waals surface area contributed by atoms with Crippen molar-refractivity contribution in [2.24, 2.45) is 5.84 Å². The smallest absolute Gasteiger partial charge is 0.244 e. The Hall–Kier alpha value is -1.71. The maximum absolute atomic E-state index is 12.0. The average molecular weight is 257 g/mol. The summed E-state index contributed by atoms with van der Waals surface area (Å²) in [5.74, 6) is 5.27. The van der Waals surface area contributed by atoms with Crippen molar-refractivity contribution in [3.05, 3.63) is 12.1 Å². The van der Waals surface area contributed by atoms with Gasteiger partial charge in [0.05, 0.1) is 5.69 Å². The molecule has 9 heteroatoms. The lowest BCUT2D eigenvalue weighted by atomic mass is 10.3. The molecule has 1 heterocycles. The molecule has 8 nitrogen and oxygen atoms in total. The highest BCUT2D eigenvalue weighted by molar-refractivity contribution is 7.89. The van der Waals surface area contributed by atoms with Crippen LogP contribution in [-0.2, 0) is 10.0 Å². The van der Waals surface area contributed by atoms with Crippen LogP contribution in [0, 0.1) is 0 Å². The fourth-order valence-corrected chi connectivity index (χ4v) is 2.38. The molecule has 17 heavy (non-hydrogen) atoms. The Morgan fingerprint density at radius 1 is 1.29 bits per heavy atom. The van der Waals surface area contributed by atoms with E-state index in [4.69, 9.17) is 5.84 Å². The standard InChI is InChI=1S/C8H11N5O3S/c1-13(2)17(14,15)6-4-3-5(10-9)7-8(6)12-16-11-7/h3-4,10H,9H2,1-2H3. The molecule has 0 atom stereocenters. The number of benzene rings is 1. The summed E-state index contributed by atoms with van der Waals surface area (Å²) in [5, 5.41) is 7.20. The molecule has 0 saturated heterocycles. The summed E-state index contributed by atoms with van der Waals surface area (Å²) < 4.78 is 29.7. The van der Waals surface area contributed by atoms with Crippen molar-refractivity contribution in [1.29, 1.82) is 0 Å². The quantitative estimate of drug-likeness (QED) is 0.576. The number of nitrogens with one attached hydrogen (secondary N) is 1. The number of nitrogens with zero attached hydrogens (tertiary/aromatic N) is 3. The second-order valence-electron chi connectivity index (χ2n) is 3.50. The van der Waals surface area contributed by atoms with E-state index < -0.39 is 10.0 Å². The van der Waals surface area contributed by atoms with Crippen LogP contribution < -0.4 is 11.3 Å². The molecule has 0 saturated carbocycles. The Bertz CT molecular complexity index is 648. The molecule has 2 aromatic rings. The lowest BCUT2D eigenvalue weighted by Crippen LogP contribution is -2.22. The maximum atomic E-state index is 12.0. The van der Waals surface area contributed by atoms with Crippen LogP contribution in [0.5, 0.6) is 0 Å². The molecule has 1 aromatic carbocycles. The zero-order valence-electron chi connectivity index (χ0n) is 9.21. The van der Waals surface area contributed by atoms with Crippen LogP contribution >= 0.6 is 0 Å². The van der Waals surface area contributed by atoms with Gasteiger partial charge in [0.2, 0.25) is 10.0 Å². The first kappa shape index (κ1) is 11.8. The molecule has 1 aromatic heterocycles. The zero-order chi connectivity index (χ0) is 12.6. The van der Waals surface area contributed by atoms with Gasteiger partial charge in [0.15, 0.2) is 11.0 Å². The van der Waals surface area contributed by atoms with Crippen molar-refractivity contribution in [3.63, 3.8) is 0 Å². The van der Waals surface area contributed by atoms with Gasteiger partial charge in [-0.25, -0.2) is 17.4 Å². The Balaban J connectivity index is 2.78. The van der Waals surface area contributed by atoms with Crippen LogP contribution in [0.15, 0.2) is 21.7 Å².